The number of pyridine rings is 1. The summed E-state index contributed by atoms with van der Waals surface area (Å²) in [4.78, 5) is 15.2. The van der Waals surface area contributed by atoms with Gasteiger partial charge in [0.2, 0.25) is 0 Å². The number of nitrogens with one attached hydrogen (secondary N) is 1. The number of nitrogens with zero attached hydrogens (tertiary/aromatic N) is 1. The van der Waals surface area contributed by atoms with Crippen LogP contribution in [0.25, 0.3) is 0 Å². The highest BCUT2D eigenvalue weighted by molar-refractivity contribution is 6.32. The number of aromatic nitrogens is 1. The fourth-order valence-electron chi connectivity index (χ4n) is 3.35. The standard InChI is InChI=1S/C25H35Cl2N3O6/c1-17(34-8-4-6-26)36-24-11-23(35-16-18-9-20(25(32)33)13-29-12-18)19(10-22(24)27)14-30-21(15-31)5-2-3-7-28/h9-13,17,21,30-31H,2-8,14-16,28H2,1H3,(H,32,33)/t17?,21-/m0/s1. The quantitative estimate of drug-likeness (QED) is 0.125. The van der Waals surface area contributed by atoms with Crippen molar-refractivity contribution in [3.8, 4) is 11.5 Å². The summed E-state index contributed by atoms with van der Waals surface area (Å²) in [5, 5.41) is 22.7. The highest BCUT2D eigenvalue weighted by Gasteiger charge is 2.16. The molecule has 200 valence electrons. The molecule has 0 saturated carbocycles. The molecule has 1 aromatic carbocycles. The van der Waals surface area contributed by atoms with Gasteiger partial charge in [0.25, 0.3) is 0 Å². The second-order valence-corrected chi connectivity index (χ2v) is 8.99. The van der Waals surface area contributed by atoms with Gasteiger partial charge in [-0.15, -0.1) is 11.6 Å². The Morgan fingerprint density at radius 1 is 1.19 bits per heavy atom. The van der Waals surface area contributed by atoms with Gasteiger partial charge in [0, 0.05) is 48.1 Å². The lowest BCUT2D eigenvalue weighted by atomic mass is 10.1. The molecule has 0 spiro atoms. The number of benzene rings is 1. The third-order valence-electron chi connectivity index (χ3n) is 5.28. The summed E-state index contributed by atoms with van der Waals surface area (Å²) in [7, 11) is 0. The van der Waals surface area contributed by atoms with Gasteiger partial charge in [-0.3, -0.25) is 4.98 Å². The van der Waals surface area contributed by atoms with Crippen LogP contribution < -0.4 is 20.5 Å². The molecule has 0 aliphatic heterocycles. The van der Waals surface area contributed by atoms with E-state index in [1.165, 1.54) is 12.3 Å². The fraction of sp³-hybridized carbons (Fsp3) is 0.520. The van der Waals surface area contributed by atoms with Gasteiger partial charge < -0.3 is 35.5 Å². The van der Waals surface area contributed by atoms with Gasteiger partial charge in [0.15, 0.2) is 6.29 Å². The minimum atomic E-state index is -1.07. The molecule has 5 N–H and O–H groups in total. The highest BCUT2D eigenvalue weighted by atomic mass is 35.5. The summed E-state index contributed by atoms with van der Waals surface area (Å²) in [6.07, 6.45) is 5.54. The summed E-state index contributed by atoms with van der Waals surface area (Å²) < 4.78 is 17.5. The number of rotatable bonds is 18. The van der Waals surface area contributed by atoms with E-state index in [9.17, 15) is 15.0 Å². The number of aromatic carboxylic acids is 1. The summed E-state index contributed by atoms with van der Waals surface area (Å²) >= 11 is 12.2. The van der Waals surface area contributed by atoms with Crippen LogP contribution in [0.4, 0.5) is 0 Å². The molecular weight excluding hydrogens is 509 g/mol. The Morgan fingerprint density at radius 3 is 2.69 bits per heavy atom. The van der Waals surface area contributed by atoms with Crippen molar-refractivity contribution in [1.82, 2.24) is 10.3 Å². The Hall–Kier alpha value is -2.14. The maximum Gasteiger partial charge on any atom is 0.337 e. The smallest absolute Gasteiger partial charge is 0.337 e. The Kier molecular flexibility index (Phi) is 13.9. The van der Waals surface area contributed by atoms with E-state index in [2.05, 4.69) is 10.3 Å². The number of nitrogens with two attached hydrogens (primary N) is 1. The first kappa shape index (κ1) is 30.1. The molecule has 2 aromatic rings. The summed E-state index contributed by atoms with van der Waals surface area (Å²) in [5.41, 5.74) is 6.99. The third kappa shape index (κ3) is 10.5. The molecule has 1 unspecified atom stereocenters. The van der Waals surface area contributed by atoms with E-state index in [1.54, 1.807) is 25.3 Å². The van der Waals surface area contributed by atoms with Crippen molar-refractivity contribution in [3.63, 3.8) is 0 Å². The van der Waals surface area contributed by atoms with Gasteiger partial charge in [0.05, 0.1) is 23.8 Å². The molecule has 2 rings (SSSR count). The van der Waals surface area contributed by atoms with Crippen LogP contribution in [-0.2, 0) is 17.9 Å². The predicted octanol–water partition coefficient (Wildman–Crippen LogP) is 3.96. The number of hydrogen-bond donors (Lipinski definition) is 4. The number of carboxylic acids is 1. The van der Waals surface area contributed by atoms with Crippen LogP contribution in [0.2, 0.25) is 5.02 Å². The van der Waals surface area contributed by atoms with E-state index in [0.29, 0.717) is 54.1 Å². The van der Waals surface area contributed by atoms with Crippen molar-refractivity contribution >= 4 is 29.2 Å². The van der Waals surface area contributed by atoms with Crippen molar-refractivity contribution < 1.29 is 29.2 Å². The largest absolute Gasteiger partial charge is 0.488 e. The van der Waals surface area contributed by atoms with Crippen molar-refractivity contribution in [3.05, 3.63) is 52.3 Å². The molecule has 2 atom stereocenters. The maximum absolute atomic E-state index is 11.3. The number of carbonyl (C=O) groups is 1. The van der Waals surface area contributed by atoms with Crippen LogP contribution in [0.1, 0.15) is 54.1 Å². The van der Waals surface area contributed by atoms with E-state index in [-0.39, 0.29) is 24.8 Å². The molecule has 1 aromatic heterocycles. The van der Waals surface area contributed by atoms with E-state index in [0.717, 1.165) is 24.8 Å². The maximum atomic E-state index is 11.3. The van der Waals surface area contributed by atoms with Gasteiger partial charge in [-0.25, -0.2) is 4.79 Å². The highest BCUT2D eigenvalue weighted by Crippen LogP contribution is 2.34. The molecule has 0 fully saturated rings. The zero-order valence-corrected chi connectivity index (χ0v) is 21.9. The second kappa shape index (κ2) is 16.6. The van der Waals surface area contributed by atoms with Crippen molar-refractivity contribution in [2.45, 2.75) is 58.1 Å². The van der Waals surface area contributed by atoms with E-state index in [1.807, 2.05) is 0 Å². The van der Waals surface area contributed by atoms with Gasteiger partial charge in [0.1, 0.15) is 18.1 Å². The van der Waals surface area contributed by atoms with Gasteiger partial charge in [-0.05, 0) is 44.9 Å². The Bertz CT molecular complexity index is 950. The van der Waals surface area contributed by atoms with Gasteiger partial charge >= 0.3 is 5.97 Å². The number of hydrogen-bond acceptors (Lipinski definition) is 8. The minimum absolute atomic E-state index is 0.0134. The summed E-state index contributed by atoms with van der Waals surface area (Å²) in [6.45, 7) is 3.28. The van der Waals surface area contributed by atoms with E-state index >= 15 is 0 Å². The fourth-order valence-corrected chi connectivity index (χ4v) is 3.69. The Labute approximate surface area is 221 Å². The zero-order valence-electron chi connectivity index (χ0n) is 20.4. The van der Waals surface area contributed by atoms with Crippen LogP contribution >= 0.6 is 23.2 Å². The number of aliphatic hydroxyl groups is 1. The number of halogens is 2. The molecule has 0 radical (unpaired) electrons. The van der Waals surface area contributed by atoms with Crippen molar-refractivity contribution in [2.75, 3.05) is 25.6 Å². The molecule has 0 bridgehead atoms. The van der Waals surface area contributed by atoms with E-state index < -0.39 is 12.3 Å². The van der Waals surface area contributed by atoms with Crippen LogP contribution in [0.3, 0.4) is 0 Å². The van der Waals surface area contributed by atoms with Crippen LogP contribution in [0.5, 0.6) is 11.5 Å². The van der Waals surface area contributed by atoms with Crippen LogP contribution in [0.15, 0.2) is 30.6 Å². The topological polar surface area (TPSA) is 136 Å². The molecule has 0 aliphatic rings. The average molecular weight is 544 g/mol. The Morgan fingerprint density at radius 2 is 2.00 bits per heavy atom. The monoisotopic (exact) mass is 543 g/mol. The normalized spacial score (nSPS) is 12.8. The first-order valence-corrected chi connectivity index (χ1v) is 12.8. The van der Waals surface area contributed by atoms with Crippen molar-refractivity contribution in [1.29, 1.82) is 0 Å². The van der Waals surface area contributed by atoms with Gasteiger partial charge in [-0.1, -0.05) is 18.0 Å². The molecular formula is C25H35Cl2N3O6. The summed E-state index contributed by atoms with van der Waals surface area (Å²) in [5.74, 6) is 0.304. The molecule has 0 aliphatic carbocycles. The number of aliphatic hydroxyl groups excluding tert-OH is 1. The van der Waals surface area contributed by atoms with Crippen LogP contribution in [-0.4, -0.2) is 59.1 Å². The molecule has 9 nitrogen and oxygen atoms in total. The summed E-state index contributed by atoms with van der Waals surface area (Å²) in [6, 6.07) is 4.82. The minimum Gasteiger partial charge on any atom is -0.488 e. The lowest BCUT2D eigenvalue weighted by molar-refractivity contribution is -0.0661. The second-order valence-electron chi connectivity index (χ2n) is 8.21. The lowest BCUT2D eigenvalue weighted by Gasteiger charge is -2.21. The first-order valence-electron chi connectivity index (χ1n) is 11.9. The average Bonchev–Trinajstić information content (AvgIpc) is 2.87. The third-order valence-corrected chi connectivity index (χ3v) is 5.85. The Balaban J connectivity index is 2.20. The first-order chi connectivity index (χ1) is 17.4. The molecule has 36 heavy (non-hydrogen) atoms. The zero-order chi connectivity index (χ0) is 26.3. The predicted molar refractivity (Wildman–Crippen MR) is 139 cm³/mol. The number of carboxylic acid groups (broad SMARTS) is 1. The molecule has 11 heteroatoms. The van der Waals surface area contributed by atoms with Gasteiger partial charge in [-0.2, -0.15) is 0 Å². The molecule has 0 saturated heterocycles. The molecule has 1 heterocycles. The number of ether oxygens (including phenoxy) is 3. The lowest BCUT2D eigenvalue weighted by Crippen LogP contribution is -2.32. The van der Waals surface area contributed by atoms with E-state index in [4.69, 9.17) is 43.1 Å². The van der Waals surface area contributed by atoms with Crippen LogP contribution in [0, 0.1) is 0 Å². The molecule has 0 amide bonds. The number of unbranched alkanes of at least 4 members (excludes halogenated alkanes) is 1. The number of alkyl halides is 1. The van der Waals surface area contributed by atoms with Crippen molar-refractivity contribution in [2.24, 2.45) is 5.73 Å². The SMILES string of the molecule is CC(OCCCCl)Oc1cc(OCc2cncc(C(=O)O)c2)c(CN[C@H](CO)CCCCN)cc1Cl.